The summed E-state index contributed by atoms with van der Waals surface area (Å²) in [5.74, 6) is -0.570. The maximum atomic E-state index is 12.8. The molecule has 5 heteroatoms. The third kappa shape index (κ3) is 1.46. The number of nitrogens with zero attached hydrogens (tertiary/aromatic N) is 1. The van der Waals surface area contributed by atoms with Crippen LogP contribution in [-0.2, 0) is 0 Å². The molecule has 0 radical (unpaired) electrons. The fourth-order valence-corrected chi connectivity index (χ4v) is 1.52. The summed E-state index contributed by atoms with van der Waals surface area (Å²) in [7, 11) is 0. The Hall–Kier alpha value is -1.49. The highest BCUT2D eigenvalue weighted by atomic mass is 19.1. The van der Waals surface area contributed by atoms with Gasteiger partial charge in [0.05, 0.1) is 11.0 Å². The molecule has 0 bridgehead atoms. The van der Waals surface area contributed by atoms with E-state index in [1.807, 2.05) is 0 Å². The lowest BCUT2D eigenvalue weighted by Gasteiger charge is -2.27. The summed E-state index contributed by atoms with van der Waals surface area (Å²) in [5, 5.41) is 13.7. The van der Waals surface area contributed by atoms with Crippen molar-refractivity contribution in [2.75, 3.05) is 6.54 Å². The van der Waals surface area contributed by atoms with Crippen LogP contribution in [0.2, 0.25) is 0 Å². The van der Waals surface area contributed by atoms with Crippen molar-refractivity contribution < 1.29 is 9.31 Å². The molecule has 14 heavy (non-hydrogen) atoms. The van der Waals surface area contributed by atoms with Gasteiger partial charge in [-0.15, -0.1) is 0 Å². The van der Waals surface area contributed by atoms with E-state index in [4.69, 9.17) is 0 Å². The number of hydrogen-bond donors (Lipinski definition) is 1. The summed E-state index contributed by atoms with van der Waals surface area (Å²) in [6.07, 6.45) is 0.868. The van der Waals surface area contributed by atoms with Crippen molar-refractivity contribution in [3.63, 3.8) is 0 Å². The molecule has 1 saturated heterocycles. The van der Waals surface area contributed by atoms with E-state index in [1.54, 1.807) is 0 Å². The predicted octanol–water partition coefficient (Wildman–Crippen LogP) is 1.77. The third-order valence-electron chi connectivity index (χ3n) is 2.39. The number of halogens is 1. The van der Waals surface area contributed by atoms with Crippen LogP contribution in [0.4, 0.5) is 10.1 Å². The lowest BCUT2D eigenvalue weighted by molar-refractivity contribution is -0.386. The van der Waals surface area contributed by atoms with Crippen LogP contribution < -0.4 is 5.32 Å². The normalized spacial score (nSPS) is 20.2. The summed E-state index contributed by atoms with van der Waals surface area (Å²) in [6, 6.07) is 3.71. The van der Waals surface area contributed by atoms with Gasteiger partial charge in [0.25, 0.3) is 5.69 Å². The molecule has 1 fully saturated rings. The van der Waals surface area contributed by atoms with E-state index >= 15 is 0 Å². The molecule has 74 valence electrons. The SMILES string of the molecule is O=[N+]([O-])c1cc(F)ccc1C1CCN1. The monoisotopic (exact) mass is 196 g/mol. The van der Waals surface area contributed by atoms with Gasteiger partial charge < -0.3 is 5.32 Å². The quantitative estimate of drug-likeness (QED) is 0.579. The Balaban J connectivity index is 2.41. The average Bonchev–Trinajstić information content (AvgIpc) is 2.04. The average molecular weight is 196 g/mol. The Morgan fingerprint density at radius 3 is 2.79 bits per heavy atom. The van der Waals surface area contributed by atoms with E-state index in [0.717, 1.165) is 19.0 Å². The van der Waals surface area contributed by atoms with Gasteiger partial charge in [-0.3, -0.25) is 10.1 Å². The van der Waals surface area contributed by atoms with E-state index in [9.17, 15) is 14.5 Å². The molecule has 0 aliphatic carbocycles. The molecule has 4 nitrogen and oxygen atoms in total. The molecule has 1 unspecified atom stereocenters. The van der Waals surface area contributed by atoms with Crippen LogP contribution in [0.5, 0.6) is 0 Å². The van der Waals surface area contributed by atoms with Crippen molar-refractivity contribution in [3.05, 3.63) is 39.7 Å². The highest BCUT2D eigenvalue weighted by molar-refractivity contribution is 5.43. The molecular weight excluding hydrogens is 187 g/mol. The first-order valence-electron chi connectivity index (χ1n) is 4.35. The zero-order chi connectivity index (χ0) is 10.1. The van der Waals surface area contributed by atoms with Crippen molar-refractivity contribution in [1.29, 1.82) is 0 Å². The van der Waals surface area contributed by atoms with Crippen LogP contribution in [0.1, 0.15) is 18.0 Å². The summed E-state index contributed by atoms with van der Waals surface area (Å²) in [6.45, 7) is 0.860. The number of nitro benzene ring substituents is 1. The molecule has 1 heterocycles. The van der Waals surface area contributed by atoms with Crippen molar-refractivity contribution in [1.82, 2.24) is 5.32 Å². The fourth-order valence-electron chi connectivity index (χ4n) is 1.52. The summed E-state index contributed by atoms with van der Waals surface area (Å²) in [4.78, 5) is 10.1. The first-order chi connectivity index (χ1) is 6.68. The molecular formula is C9H9FN2O2. The zero-order valence-corrected chi connectivity index (χ0v) is 7.37. The molecule has 1 aliphatic heterocycles. The van der Waals surface area contributed by atoms with Crippen LogP contribution in [0.25, 0.3) is 0 Å². The highest BCUT2D eigenvalue weighted by Gasteiger charge is 2.26. The molecule has 0 amide bonds. The van der Waals surface area contributed by atoms with Crippen molar-refractivity contribution in [3.8, 4) is 0 Å². The number of rotatable bonds is 2. The number of nitrogens with one attached hydrogen (secondary N) is 1. The summed E-state index contributed by atoms with van der Waals surface area (Å²) < 4.78 is 12.8. The van der Waals surface area contributed by atoms with Gasteiger partial charge in [-0.2, -0.15) is 0 Å². The Bertz CT molecular complexity index is 377. The lowest BCUT2D eigenvalue weighted by atomic mass is 9.96. The molecule has 0 spiro atoms. The van der Waals surface area contributed by atoms with Crippen LogP contribution in [0.3, 0.4) is 0 Å². The van der Waals surface area contributed by atoms with Crippen LogP contribution in [0, 0.1) is 15.9 Å². The second-order valence-electron chi connectivity index (χ2n) is 3.26. The molecule has 1 atom stereocenters. The van der Waals surface area contributed by atoms with Crippen molar-refractivity contribution >= 4 is 5.69 Å². The van der Waals surface area contributed by atoms with Gasteiger partial charge in [0.1, 0.15) is 5.82 Å². The minimum Gasteiger partial charge on any atom is -0.310 e. The minimum absolute atomic E-state index is 0.0102. The Morgan fingerprint density at radius 2 is 2.29 bits per heavy atom. The van der Waals surface area contributed by atoms with Crippen molar-refractivity contribution in [2.45, 2.75) is 12.5 Å². The molecule has 1 aliphatic rings. The Kier molecular flexibility index (Phi) is 2.17. The van der Waals surface area contributed by atoms with Gasteiger partial charge in [-0.25, -0.2) is 4.39 Å². The second-order valence-corrected chi connectivity index (χ2v) is 3.26. The van der Waals surface area contributed by atoms with Crippen LogP contribution >= 0.6 is 0 Å². The van der Waals surface area contributed by atoms with Gasteiger partial charge in [0, 0.05) is 11.6 Å². The topological polar surface area (TPSA) is 55.2 Å². The maximum Gasteiger partial charge on any atom is 0.277 e. The van der Waals surface area contributed by atoms with Crippen LogP contribution in [0.15, 0.2) is 18.2 Å². The molecule has 0 aromatic heterocycles. The smallest absolute Gasteiger partial charge is 0.277 e. The van der Waals surface area contributed by atoms with Gasteiger partial charge in [-0.05, 0) is 25.1 Å². The summed E-state index contributed by atoms with van der Waals surface area (Å²) in [5.41, 5.74) is 0.435. The zero-order valence-electron chi connectivity index (χ0n) is 7.37. The predicted molar refractivity (Wildman–Crippen MR) is 48.4 cm³/mol. The Labute approximate surface area is 79.9 Å². The molecule has 0 saturated carbocycles. The van der Waals surface area contributed by atoms with E-state index in [1.165, 1.54) is 12.1 Å². The van der Waals surface area contributed by atoms with E-state index in [2.05, 4.69) is 5.32 Å². The van der Waals surface area contributed by atoms with E-state index < -0.39 is 10.7 Å². The molecule has 1 N–H and O–H groups in total. The van der Waals surface area contributed by atoms with Crippen LogP contribution in [-0.4, -0.2) is 11.5 Å². The summed E-state index contributed by atoms with van der Waals surface area (Å²) >= 11 is 0. The standard InChI is InChI=1S/C9H9FN2O2/c10-6-1-2-7(8-3-4-11-8)9(5-6)12(13)14/h1-2,5,8,11H,3-4H2. The first kappa shape index (κ1) is 9.08. The van der Waals surface area contributed by atoms with Gasteiger partial charge in [-0.1, -0.05) is 0 Å². The second kappa shape index (κ2) is 3.34. The molecule has 1 aromatic rings. The minimum atomic E-state index is -0.570. The lowest BCUT2D eigenvalue weighted by Crippen LogP contribution is -2.35. The third-order valence-corrected chi connectivity index (χ3v) is 2.39. The fraction of sp³-hybridized carbons (Fsp3) is 0.333. The number of benzene rings is 1. The van der Waals surface area contributed by atoms with Gasteiger partial charge in [0.2, 0.25) is 0 Å². The molecule has 1 aromatic carbocycles. The first-order valence-corrected chi connectivity index (χ1v) is 4.35. The number of hydrogen-bond acceptors (Lipinski definition) is 3. The van der Waals surface area contributed by atoms with Crippen molar-refractivity contribution in [2.24, 2.45) is 0 Å². The largest absolute Gasteiger partial charge is 0.310 e. The highest BCUT2D eigenvalue weighted by Crippen LogP contribution is 2.31. The van der Waals surface area contributed by atoms with Gasteiger partial charge >= 0.3 is 0 Å². The number of nitro groups is 1. The van der Waals surface area contributed by atoms with E-state index in [-0.39, 0.29) is 11.7 Å². The Morgan fingerprint density at radius 1 is 1.57 bits per heavy atom. The molecule has 2 rings (SSSR count). The van der Waals surface area contributed by atoms with Gasteiger partial charge in [0.15, 0.2) is 0 Å². The van der Waals surface area contributed by atoms with E-state index in [0.29, 0.717) is 5.56 Å². The maximum absolute atomic E-state index is 12.8.